The van der Waals surface area contributed by atoms with Gasteiger partial charge in [-0.15, -0.1) is 0 Å². The van der Waals surface area contributed by atoms with Gasteiger partial charge in [-0.3, -0.25) is 0 Å². The fourth-order valence-corrected chi connectivity index (χ4v) is 2.35. The maximum absolute atomic E-state index is 13.0. The van der Waals surface area contributed by atoms with Gasteiger partial charge in [-0.25, -0.2) is 19.4 Å². The molecule has 9 heteroatoms. The predicted molar refractivity (Wildman–Crippen MR) is 124 cm³/mol. The van der Waals surface area contributed by atoms with Crippen molar-refractivity contribution in [1.29, 1.82) is 0 Å². The van der Waals surface area contributed by atoms with Gasteiger partial charge in [0.15, 0.2) is 11.6 Å². The second kappa shape index (κ2) is 10.0. The van der Waals surface area contributed by atoms with Crippen LogP contribution >= 0.6 is 0 Å². The highest BCUT2D eigenvalue weighted by atomic mass is 19.1. The second-order valence-electron chi connectivity index (χ2n) is 8.30. The van der Waals surface area contributed by atoms with Gasteiger partial charge in [0.1, 0.15) is 5.82 Å². The molecule has 31 heavy (non-hydrogen) atoms. The highest BCUT2D eigenvalue weighted by Crippen LogP contribution is 2.25. The van der Waals surface area contributed by atoms with E-state index in [-0.39, 0.29) is 6.04 Å². The topological polar surface area (TPSA) is 96.9 Å². The molecule has 7 nitrogen and oxygen atoms in total. The first kappa shape index (κ1) is 24.5. The molecule has 0 aliphatic heterocycles. The summed E-state index contributed by atoms with van der Waals surface area (Å²) in [6, 6.07) is 7.41. The molecule has 0 saturated carbocycles. The Labute approximate surface area is 184 Å². The summed E-state index contributed by atoms with van der Waals surface area (Å²) in [5, 5.41) is 10.2. The van der Waals surface area contributed by atoms with E-state index >= 15 is 0 Å². The number of nitrogens with two attached hydrogens (primary N) is 1. The summed E-state index contributed by atoms with van der Waals surface area (Å²) in [7, 11) is 3.54. The number of aliphatic hydroxyl groups is 1. The first-order valence-corrected chi connectivity index (χ1v) is 9.94. The fraction of sp³-hybridized carbons (Fsp3) is 0.409. The molecule has 2 aromatic rings. The van der Waals surface area contributed by atoms with Crippen molar-refractivity contribution in [2.24, 2.45) is 10.7 Å². The summed E-state index contributed by atoms with van der Waals surface area (Å²) in [4.78, 5) is 14.7. The number of aromatic nitrogens is 2. The molecule has 2 rings (SSSR count). The van der Waals surface area contributed by atoms with Crippen LogP contribution < -0.4 is 16.1 Å². The summed E-state index contributed by atoms with van der Waals surface area (Å²) in [5.41, 5.74) is 5.10. The third-order valence-corrected chi connectivity index (χ3v) is 5.41. The van der Waals surface area contributed by atoms with Crippen LogP contribution in [0.4, 0.5) is 16.0 Å². The zero-order valence-corrected chi connectivity index (χ0v) is 18.9. The van der Waals surface area contributed by atoms with E-state index < -0.39 is 17.0 Å². The van der Waals surface area contributed by atoms with Crippen molar-refractivity contribution in [2.75, 3.05) is 11.9 Å². The summed E-state index contributed by atoms with van der Waals surface area (Å²) < 4.78 is 18.8. The Kier molecular flexibility index (Phi) is 7.92. The van der Waals surface area contributed by atoms with Crippen molar-refractivity contribution < 1.29 is 14.2 Å². The largest absolute Gasteiger partial charge is 0.427 e. The first-order chi connectivity index (χ1) is 14.4. The van der Waals surface area contributed by atoms with Gasteiger partial charge < -0.3 is 20.4 Å². The fourth-order valence-electron chi connectivity index (χ4n) is 2.35. The molecular weight excluding hydrogens is 396 g/mol. The third-order valence-electron chi connectivity index (χ3n) is 5.41. The van der Waals surface area contributed by atoms with E-state index in [4.69, 9.17) is 10.4 Å². The van der Waals surface area contributed by atoms with Crippen LogP contribution in [0, 0.1) is 0 Å². The van der Waals surface area contributed by atoms with E-state index in [0.717, 1.165) is 29.3 Å². The van der Waals surface area contributed by atoms with Crippen LogP contribution in [0.3, 0.4) is 0 Å². The second-order valence-corrected chi connectivity index (χ2v) is 8.30. The number of allylic oxidation sites excluding steroid dienone is 1. The van der Waals surface area contributed by atoms with Gasteiger partial charge in [-0.1, -0.05) is 12.1 Å². The van der Waals surface area contributed by atoms with Crippen molar-refractivity contribution >= 4 is 30.8 Å². The first-order valence-electron chi connectivity index (χ1n) is 9.94. The van der Waals surface area contributed by atoms with Crippen molar-refractivity contribution in [3.63, 3.8) is 0 Å². The molecule has 0 fully saturated rings. The van der Waals surface area contributed by atoms with Crippen LogP contribution in [0.25, 0.3) is 0 Å². The Morgan fingerprint density at radius 3 is 2.45 bits per heavy atom. The molecule has 0 aliphatic carbocycles. The molecular formula is C22H30BFN5O2. The van der Waals surface area contributed by atoms with E-state index in [1.165, 1.54) is 0 Å². The standard InChI is InChI=1S/C22H30BFN5O2/c1-15(16-7-9-19(26-12-16)27-14-18(24)11-25)29(6)20-10-8-17(13-28-20)23-31-22(4,5)21(2,3)30/h7-15,30H,25H2,1-6H3/t15-/m0/s1. The van der Waals surface area contributed by atoms with Crippen LogP contribution in [-0.4, -0.2) is 47.0 Å². The molecule has 2 heterocycles. The molecule has 1 radical (unpaired) electrons. The molecule has 0 unspecified atom stereocenters. The van der Waals surface area contributed by atoms with E-state index in [9.17, 15) is 9.50 Å². The average Bonchev–Trinajstić information content (AvgIpc) is 2.75. The Morgan fingerprint density at radius 1 is 1.23 bits per heavy atom. The molecule has 0 bridgehead atoms. The predicted octanol–water partition coefficient (Wildman–Crippen LogP) is 2.96. The van der Waals surface area contributed by atoms with Gasteiger partial charge >= 0.3 is 7.48 Å². The third kappa shape index (κ3) is 6.60. The average molecular weight is 426 g/mol. The number of anilines is 1. The molecule has 1 atom stereocenters. The summed E-state index contributed by atoms with van der Waals surface area (Å²) >= 11 is 0. The lowest BCUT2D eigenvalue weighted by atomic mass is 9.83. The minimum absolute atomic E-state index is 0.00101. The minimum atomic E-state index is -0.989. The molecule has 0 spiro atoms. The number of rotatable bonds is 9. The zero-order chi connectivity index (χ0) is 23.2. The van der Waals surface area contributed by atoms with Crippen LogP contribution in [-0.2, 0) is 4.65 Å². The maximum Gasteiger partial charge on any atom is 0.332 e. The van der Waals surface area contributed by atoms with Crippen molar-refractivity contribution in [2.45, 2.75) is 51.9 Å². The lowest BCUT2D eigenvalue weighted by Gasteiger charge is -2.37. The van der Waals surface area contributed by atoms with Gasteiger partial charge in [-0.05, 0) is 57.8 Å². The Hall–Kier alpha value is -2.78. The lowest BCUT2D eigenvalue weighted by molar-refractivity contribution is -0.0893. The molecule has 2 aromatic heterocycles. The molecule has 0 aromatic carbocycles. The Morgan fingerprint density at radius 2 is 1.94 bits per heavy atom. The maximum atomic E-state index is 13.0. The smallest absolute Gasteiger partial charge is 0.332 e. The summed E-state index contributed by atoms with van der Waals surface area (Å²) in [6.07, 6.45) is 5.28. The van der Waals surface area contributed by atoms with Crippen LogP contribution in [0.2, 0.25) is 0 Å². The lowest BCUT2D eigenvalue weighted by Crippen LogP contribution is -2.49. The van der Waals surface area contributed by atoms with E-state index in [2.05, 4.69) is 15.0 Å². The van der Waals surface area contributed by atoms with Gasteiger partial charge in [0.25, 0.3) is 0 Å². The number of pyridine rings is 2. The quantitative estimate of drug-likeness (QED) is 0.473. The zero-order valence-electron chi connectivity index (χ0n) is 18.9. The SMILES string of the molecule is C[C@@H](c1ccc(N=CC(F)=CN)nc1)N(C)c1ccc([B]OC(C)(C)C(C)(C)O)cn1. The molecule has 165 valence electrons. The summed E-state index contributed by atoms with van der Waals surface area (Å²) in [5.74, 6) is 0.547. The highest BCUT2D eigenvalue weighted by molar-refractivity contribution is 6.46. The van der Waals surface area contributed by atoms with Gasteiger partial charge in [0, 0.05) is 25.6 Å². The summed E-state index contributed by atoms with van der Waals surface area (Å²) in [6.45, 7) is 9.12. The number of nitrogens with zero attached hydrogens (tertiary/aromatic N) is 4. The highest BCUT2D eigenvalue weighted by Gasteiger charge is 2.35. The van der Waals surface area contributed by atoms with Crippen LogP contribution in [0.5, 0.6) is 0 Å². The molecule has 0 amide bonds. The minimum Gasteiger partial charge on any atom is -0.427 e. The van der Waals surface area contributed by atoms with Gasteiger partial charge in [0.05, 0.1) is 23.5 Å². The molecule has 0 saturated heterocycles. The van der Waals surface area contributed by atoms with Crippen molar-refractivity contribution in [3.8, 4) is 0 Å². The number of hydrogen-bond donors (Lipinski definition) is 2. The van der Waals surface area contributed by atoms with Crippen molar-refractivity contribution in [1.82, 2.24) is 9.97 Å². The molecule has 0 aliphatic rings. The number of hydrogen-bond acceptors (Lipinski definition) is 7. The number of aliphatic imine (C=N–C) groups is 1. The Bertz CT molecular complexity index is 909. The normalized spacial score (nSPS) is 14.0. The van der Waals surface area contributed by atoms with Crippen molar-refractivity contribution in [3.05, 3.63) is 54.2 Å². The molecule has 3 N–H and O–H groups in total. The van der Waals surface area contributed by atoms with Gasteiger partial charge in [0.2, 0.25) is 0 Å². The number of halogens is 1. The van der Waals surface area contributed by atoms with E-state index in [1.807, 2.05) is 50.9 Å². The van der Waals surface area contributed by atoms with Crippen LogP contribution in [0.1, 0.15) is 46.2 Å². The van der Waals surface area contributed by atoms with Gasteiger partial charge in [-0.2, -0.15) is 0 Å². The van der Waals surface area contributed by atoms with E-state index in [0.29, 0.717) is 5.82 Å². The monoisotopic (exact) mass is 426 g/mol. The van der Waals surface area contributed by atoms with Crippen LogP contribution in [0.15, 0.2) is 53.7 Å². The van der Waals surface area contributed by atoms with E-state index in [1.54, 1.807) is 39.8 Å². The Balaban J connectivity index is 2.02.